The van der Waals surface area contributed by atoms with Gasteiger partial charge in [-0.25, -0.2) is 15.0 Å². The Bertz CT molecular complexity index is 564. The average Bonchev–Trinajstić information content (AvgIpc) is 3.11. The zero-order chi connectivity index (χ0) is 13.2. The molecule has 1 saturated carbocycles. The van der Waals surface area contributed by atoms with Gasteiger partial charge in [-0.3, -0.25) is 5.10 Å². The average molecular weight is 370 g/mol. The Morgan fingerprint density at radius 3 is 2.89 bits per heavy atom. The predicted octanol–water partition coefficient (Wildman–Crippen LogP) is 2.57. The molecule has 3 rings (SSSR count). The Kier molecular flexibility index (Phi) is 3.63. The number of nitrogens with one attached hydrogen (secondary N) is 2. The largest absolute Gasteiger partial charge is 0.369 e. The van der Waals surface area contributed by atoms with Gasteiger partial charge >= 0.3 is 0 Å². The fraction of sp³-hybridized carbons (Fsp3) is 0.500. The van der Waals surface area contributed by atoms with Crippen LogP contribution >= 0.6 is 22.6 Å². The minimum absolute atomic E-state index is 0.582. The molecule has 2 heterocycles. The van der Waals surface area contributed by atoms with Crippen LogP contribution in [0.15, 0.2) is 6.33 Å². The summed E-state index contributed by atoms with van der Waals surface area (Å²) in [7, 11) is 0. The first kappa shape index (κ1) is 12.8. The van der Waals surface area contributed by atoms with Crippen molar-refractivity contribution in [2.24, 2.45) is 0 Å². The Morgan fingerprint density at radius 1 is 1.42 bits per heavy atom. The number of anilines is 1. The van der Waals surface area contributed by atoms with Crippen molar-refractivity contribution in [3.63, 3.8) is 0 Å². The fourth-order valence-corrected chi connectivity index (χ4v) is 2.74. The molecule has 2 aromatic rings. The second-order valence-electron chi connectivity index (χ2n) is 4.63. The summed E-state index contributed by atoms with van der Waals surface area (Å²) in [4.78, 5) is 13.3. The standard InChI is InChI=1S/C12H15IN6/c1-2-5-14-10-8(13)9(7-3-4-7)17-12(18-10)11-15-6-16-19-11/h6-7H,2-5H2,1H3,(H,14,17,18)(H,15,16,19). The number of aromatic nitrogens is 5. The van der Waals surface area contributed by atoms with Gasteiger partial charge in [-0.2, -0.15) is 5.10 Å². The molecule has 2 aromatic heterocycles. The van der Waals surface area contributed by atoms with Gasteiger partial charge < -0.3 is 5.32 Å². The number of hydrogen-bond donors (Lipinski definition) is 2. The van der Waals surface area contributed by atoms with Crippen LogP contribution < -0.4 is 5.32 Å². The molecule has 0 radical (unpaired) electrons. The highest BCUT2D eigenvalue weighted by Gasteiger charge is 2.29. The molecule has 7 heteroatoms. The van der Waals surface area contributed by atoms with Crippen LogP contribution in [0.4, 0.5) is 5.82 Å². The van der Waals surface area contributed by atoms with Crippen molar-refractivity contribution in [1.82, 2.24) is 25.1 Å². The van der Waals surface area contributed by atoms with Crippen molar-refractivity contribution < 1.29 is 0 Å². The number of rotatable bonds is 5. The number of nitrogens with zero attached hydrogens (tertiary/aromatic N) is 4. The summed E-state index contributed by atoms with van der Waals surface area (Å²) < 4.78 is 1.14. The van der Waals surface area contributed by atoms with E-state index in [1.807, 2.05) is 0 Å². The van der Waals surface area contributed by atoms with Gasteiger partial charge in [0.2, 0.25) is 0 Å². The van der Waals surface area contributed by atoms with Gasteiger partial charge in [0.1, 0.15) is 12.1 Å². The third-order valence-electron chi connectivity index (χ3n) is 3.01. The summed E-state index contributed by atoms with van der Waals surface area (Å²) in [5, 5.41) is 10.1. The van der Waals surface area contributed by atoms with Gasteiger partial charge in [0.05, 0.1) is 9.26 Å². The molecule has 100 valence electrons. The van der Waals surface area contributed by atoms with E-state index in [0.717, 1.165) is 28.0 Å². The second kappa shape index (κ2) is 5.40. The molecule has 0 unspecified atom stereocenters. The van der Waals surface area contributed by atoms with Gasteiger partial charge in [0, 0.05) is 12.5 Å². The summed E-state index contributed by atoms with van der Waals surface area (Å²) in [6.07, 6.45) is 4.98. The molecule has 1 fully saturated rings. The van der Waals surface area contributed by atoms with E-state index in [1.54, 1.807) is 0 Å². The van der Waals surface area contributed by atoms with E-state index < -0.39 is 0 Å². The third kappa shape index (κ3) is 2.70. The van der Waals surface area contributed by atoms with Crippen LogP contribution in [0.2, 0.25) is 0 Å². The fourth-order valence-electron chi connectivity index (χ4n) is 1.87. The van der Waals surface area contributed by atoms with Crippen LogP contribution in [0, 0.1) is 3.57 Å². The molecule has 0 spiro atoms. The summed E-state index contributed by atoms with van der Waals surface area (Å²) in [5.41, 5.74) is 1.14. The van der Waals surface area contributed by atoms with E-state index >= 15 is 0 Å². The second-order valence-corrected chi connectivity index (χ2v) is 5.71. The molecular weight excluding hydrogens is 355 g/mol. The molecule has 0 aliphatic heterocycles. The Balaban J connectivity index is 2.02. The maximum absolute atomic E-state index is 4.65. The van der Waals surface area contributed by atoms with Crippen LogP contribution in [0.5, 0.6) is 0 Å². The molecule has 0 atom stereocenters. The molecular formula is C12H15IN6. The van der Waals surface area contributed by atoms with E-state index in [1.165, 1.54) is 19.2 Å². The lowest BCUT2D eigenvalue weighted by atomic mass is 10.2. The molecule has 0 bridgehead atoms. The maximum Gasteiger partial charge on any atom is 0.199 e. The van der Waals surface area contributed by atoms with Crippen molar-refractivity contribution in [1.29, 1.82) is 0 Å². The predicted molar refractivity (Wildman–Crippen MR) is 80.9 cm³/mol. The lowest BCUT2D eigenvalue weighted by molar-refractivity contribution is 0.931. The van der Waals surface area contributed by atoms with Crippen molar-refractivity contribution >= 4 is 28.4 Å². The Morgan fingerprint density at radius 2 is 2.26 bits per heavy atom. The summed E-state index contributed by atoms with van der Waals surface area (Å²) >= 11 is 2.34. The zero-order valence-electron chi connectivity index (χ0n) is 10.6. The highest BCUT2D eigenvalue weighted by atomic mass is 127. The van der Waals surface area contributed by atoms with E-state index in [-0.39, 0.29) is 0 Å². The Labute approximate surface area is 125 Å². The van der Waals surface area contributed by atoms with Crippen LogP contribution in [0.25, 0.3) is 11.6 Å². The van der Waals surface area contributed by atoms with E-state index in [0.29, 0.717) is 17.6 Å². The SMILES string of the molecule is CCCNc1nc(-c2ncn[nH]2)nc(C2CC2)c1I. The molecule has 6 nitrogen and oxygen atoms in total. The van der Waals surface area contributed by atoms with Crippen LogP contribution in [-0.4, -0.2) is 31.7 Å². The summed E-state index contributed by atoms with van der Waals surface area (Å²) in [6, 6.07) is 0. The lowest BCUT2D eigenvalue weighted by Gasteiger charge is -2.11. The van der Waals surface area contributed by atoms with Crippen molar-refractivity contribution in [2.75, 3.05) is 11.9 Å². The number of aromatic amines is 1. The van der Waals surface area contributed by atoms with Crippen LogP contribution in [0.3, 0.4) is 0 Å². The van der Waals surface area contributed by atoms with E-state index in [4.69, 9.17) is 0 Å². The van der Waals surface area contributed by atoms with Crippen molar-refractivity contribution in [2.45, 2.75) is 32.1 Å². The lowest BCUT2D eigenvalue weighted by Crippen LogP contribution is -2.09. The molecule has 1 aliphatic rings. The van der Waals surface area contributed by atoms with Crippen LogP contribution in [0.1, 0.15) is 37.8 Å². The smallest absolute Gasteiger partial charge is 0.199 e. The maximum atomic E-state index is 4.65. The molecule has 0 amide bonds. The van der Waals surface area contributed by atoms with Crippen LogP contribution in [-0.2, 0) is 0 Å². The number of halogens is 1. The molecule has 19 heavy (non-hydrogen) atoms. The molecule has 2 N–H and O–H groups in total. The quantitative estimate of drug-likeness (QED) is 0.791. The minimum atomic E-state index is 0.582. The summed E-state index contributed by atoms with van der Waals surface area (Å²) in [6.45, 7) is 3.05. The monoisotopic (exact) mass is 370 g/mol. The van der Waals surface area contributed by atoms with Gasteiger partial charge in [-0.15, -0.1) is 0 Å². The first-order valence-electron chi connectivity index (χ1n) is 6.46. The topological polar surface area (TPSA) is 79.4 Å². The Hall–Kier alpha value is -1.25. The van der Waals surface area contributed by atoms with Gasteiger partial charge in [-0.05, 0) is 41.9 Å². The highest BCUT2D eigenvalue weighted by molar-refractivity contribution is 14.1. The van der Waals surface area contributed by atoms with E-state index in [9.17, 15) is 0 Å². The molecule has 0 saturated heterocycles. The zero-order valence-corrected chi connectivity index (χ0v) is 12.8. The molecule has 1 aliphatic carbocycles. The number of H-pyrrole nitrogens is 1. The highest BCUT2D eigenvalue weighted by Crippen LogP contribution is 2.42. The van der Waals surface area contributed by atoms with Crippen molar-refractivity contribution in [3.8, 4) is 11.6 Å². The van der Waals surface area contributed by atoms with Crippen molar-refractivity contribution in [3.05, 3.63) is 15.6 Å². The third-order valence-corrected chi connectivity index (χ3v) is 4.07. The van der Waals surface area contributed by atoms with Gasteiger partial charge in [0.15, 0.2) is 11.6 Å². The van der Waals surface area contributed by atoms with Gasteiger partial charge in [-0.1, -0.05) is 6.92 Å². The first-order valence-corrected chi connectivity index (χ1v) is 7.54. The summed E-state index contributed by atoms with van der Waals surface area (Å²) in [5.74, 6) is 2.74. The minimum Gasteiger partial charge on any atom is -0.369 e. The van der Waals surface area contributed by atoms with E-state index in [2.05, 4.69) is 60.0 Å². The first-order chi connectivity index (χ1) is 9.29. The van der Waals surface area contributed by atoms with Gasteiger partial charge in [0.25, 0.3) is 0 Å². The normalized spacial score (nSPS) is 14.6. The molecule has 0 aromatic carbocycles. The number of hydrogen-bond acceptors (Lipinski definition) is 5.